The van der Waals surface area contributed by atoms with Crippen molar-refractivity contribution in [1.29, 1.82) is 0 Å². The van der Waals surface area contributed by atoms with Crippen LogP contribution in [0.3, 0.4) is 0 Å². The van der Waals surface area contributed by atoms with E-state index in [2.05, 4.69) is 33.9 Å². The molecule has 1 aliphatic rings. The zero-order valence-electron chi connectivity index (χ0n) is 16.9. The summed E-state index contributed by atoms with van der Waals surface area (Å²) in [7, 11) is 3.49. The fraction of sp³-hybridized carbons (Fsp3) is 1.00. The van der Waals surface area contributed by atoms with E-state index in [9.17, 15) is 0 Å². The molecule has 0 saturated heterocycles. The zero-order chi connectivity index (χ0) is 18.1. The molecule has 4 nitrogen and oxygen atoms in total. The maximum Gasteiger partial charge on any atom is 0.337 e. The molecule has 23 heavy (non-hydrogen) atoms. The first-order chi connectivity index (χ1) is 10.7. The quantitative estimate of drug-likeness (QED) is 0.572. The summed E-state index contributed by atoms with van der Waals surface area (Å²) in [4.78, 5) is 0. The van der Waals surface area contributed by atoms with Gasteiger partial charge < -0.3 is 17.7 Å². The van der Waals surface area contributed by atoms with E-state index in [4.69, 9.17) is 17.7 Å². The lowest BCUT2D eigenvalue weighted by Gasteiger charge is -2.29. The first-order valence-electron chi connectivity index (χ1n) is 8.90. The molecular weight excluding hydrogens is 324 g/mol. The van der Waals surface area contributed by atoms with Crippen molar-refractivity contribution in [2.45, 2.75) is 71.1 Å². The Morgan fingerprint density at radius 2 is 1.48 bits per heavy atom. The van der Waals surface area contributed by atoms with Gasteiger partial charge in [-0.15, -0.1) is 0 Å². The minimum absolute atomic E-state index is 0.711. The van der Waals surface area contributed by atoms with Crippen LogP contribution in [0.25, 0.3) is 0 Å². The summed E-state index contributed by atoms with van der Waals surface area (Å²) >= 11 is 0. The van der Waals surface area contributed by atoms with E-state index in [-0.39, 0.29) is 0 Å². The van der Waals surface area contributed by atoms with E-state index in [1.165, 1.54) is 25.7 Å². The van der Waals surface area contributed by atoms with Crippen molar-refractivity contribution in [2.75, 3.05) is 28.4 Å². The van der Waals surface area contributed by atoms with Crippen LogP contribution in [0.2, 0.25) is 24.7 Å². The number of hydrogen-bond donors (Lipinski definition) is 0. The van der Waals surface area contributed by atoms with Crippen molar-refractivity contribution in [3.63, 3.8) is 0 Å². The molecule has 3 unspecified atom stereocenters. The van der Waals surface area contributed by atoms with Crippen LogP contribution in [0.4, 0.5) is 0 Å². The highest BCUT2D eigenvalue weighted by atomic mass is 28.4. The molecule has 1 fully saturated rings. The van der Waals surface area contributed by atoms with Crippen molar-refractivity contribution in [1.82, 2.24) is 0 Å². The second kappa shape index (κ2) is 11.0. The average Bonchev–Trinajstić information content (AvgIpc) is 3.01. The van der Waals surface area contributed by atoms with Gasteiger partial charge >= 0.3 is 17.1 Å². The first kappa shape index (κ1) is 23.3. The largest absolute Gasteiger partial charge is 0.398 e. The van der Waals surface area contributed by atoms with Gasteiger partial charge in [-0.3, -0.25) is 0 Å². The van der Waals surface area contributed by atoms with Gasteiger partial charge in [0, 0.05) is 34.0 Å². The van der Waals surface area contributed by atoms with Crippen molar-refractivity contribution >= 4 is 17.1 Å². The van der Waals surface area contributed by atoms with Crippen molar-refractivity contribution in [3.05, 3.63) is 0 Å². The molecule has 0 aliphatic heterocycles. The fourth-order valence-corrected chi connectivity index (χ4v) is 7.54. The van der Waals surface area contributed by atoms with Crippen LogP contribution >= 0.6 is 0 Å². The van der Waals surface area contributed by atoms with Crippen LogP contribution in [-0.2, 0) is 17.7 Å². The molecule has 6 heteroatoms. The van der Waals surface area contributed by atoms with E-state index in [0.29, 0.717) is 11.5 Å². The smallest absolute Gasteiger partial charge is 0.337 e. The Bertz CT molecular complexity index is 307. The summed E-state index contributed by atoms with van der Waals surface area (Å²) in [6.45, 7) is 11.0. The molecule has 0 aromatic carbocycles. The maximum absolute atomic E-state index is 5.54. The van der Waals surface area contributed by atoms with Crippen LogP contribution in [0, 0.1) is 11.8 Å². The topological polar surface area (TPSA) is 36.9 Å². The van der Waals surface area contributed by atoms with Gasteiger partial charge in [-0.25, -0.2) is 0 Å². The highest BCUT2D eigenvalue weighted by Crippen LogP contribution is 2.42. The van der Waals surface area contributed by atoms with E-state index in [1.54, 1.807) is 28.4 Å². The summed E-state index contributed by atoms with van der Waals surface area (Å²) in [6.07, 6.45) is 5.14. The molecule has 3 atom stereocenters. The van der Waals surface area contributed by atoms with E-state index >= 15 is 0 Å². The number of hydrogen-bond acceptors (Lipinski definition) is 4. The van der Waals surface area contributed by atoms with Crippen LogP contribution in [0.15, 0.2) is 0 Å². The third-order valence-corrected chi connectivity index (χ3v) is 12.3. The van der Waals surface area contributed by atoms with Crippen LogP contribution in [0.5, 0.6) is 0 Å². The minimum Gasteiger partial charge on any atom is -0.398 e. The molecule has 0 amide bonds. The molecule has 140 valence electrons. The highest BCUT2D eigenvalue weighted by molar-refractivity contribution is 6.67. The van der Waals surface area contributed by atoms with Gasteiger partial charge in [0.05, 0.1) is 0 Å². The molecule has 0 heterocycles. The summed E-state index contributed by atoms with van der Waals surface area (Å²) in [6, 6.07) is 1.09. The normalized spacial score (nSPS) is 23.3. The highest BCUT2D eigenvalue weighted by Gasteiger charge is 2.42. The van der Waals surface area contributed by atoms with Gasteiger partial charge in [0.15, 0.2) is 0 Å². The SMILES string of the molecule is CCC(C)C[Si](C)(OC)OC.CO[Si](C)(OC)C1CCC(C)C1. The lowest BCUT2D eigenvalue weighted by atomic mass is 10.1. The van der Waals surface area contributed by atoms with Gasteiger partial charge in [-0.05, 0) is 43.8 Å². The lowest BCUT2D eigenvalue weighted by molar-refractivity contribution is 0.235. The predicted octanol–water partition coefficient (Wildman–Crippen LogP) is 4.94. The Balaban J connectivity index is 0.000000423. The summed E-state index contributed by atoms with van der Waals surface area (Å²) in [5, 5.41) is 0. The Morgan fingerprint density at radius 3 is 1.78 bits per heavy atom. The van der Waals surface area contributed by atoms with Crippen molar-refractivity contribution < 1.29 is 17.7 Å². The summed E-state index contributed by atoms with van der Waals surface area (Å²) in [5.74, 6) is 1.58. The summed E-state index contributed by atoms with van der Waals surface area (Å²) < 4.78 is 21.8. The summed E-state index contributed by atoms with van der Waals surface area (Å²) in [5.41, 5.74) is 0.711. The van der Waals surface area contributed by atoms with Crippen LogP contribution in [0.1, 0.15) is 46.5 Å². The second-order valence-corrected chi connectivity index (χ2v) is 14.5. The molecule has 0 aromatic heterocycles. The molecule has 0 radical (unpaired) electrons. The average molecular weight is 365 g/mol. The van der Waals surface area contributed by atoms with Gasteiger partial charge in [0.2, 0.25) is 0 Å². The van der Waals surface area contributed by atoms with Gasteiger partial charge in [-0.1, -0.05) is 33.6 Å². The standard InChI is InChI=1S/C9H20O2Si.C8H20O2Si/c1-8-5-6-9(7-8)12(4,10-2)11-3;1-6-8(2)7-11(5,9-3)10-4/h8-9H,5-7H2,1-4H3;8H,6-7H2,1-5H3. The molecular formula is C17H40O4Si2. The molecule has 0 bridgehead atoms. The number of rotatable bonds is 8. The molecule has 0 N–H and O–H groups in total. The van der Waals surface area contributed by atoms with Gasteiger partial charge in [0.1, 0.15) is 0 Å². The van der Waals surface area contributed by atoms with Crippen LogP contribution in [-0.4, -0.2) is 45.6 Å². The second-order valence-electron chi connectivity index (χ2n) is 7.30. The van der Waals surface area contributed by atoms with E-state index in [0.717, 1.165) is 12.0 Å². The molecule has 1 saturated carbocycles. The molecule has 0 spiro atoms. The predicted molar refractivity (Wildman–Crippen MR) is 102 cm³/mol. The first-order valence-corrected chi connectivity index (χ1v) is 13.8. The zero-order valence-corrected chi connectivity index (χ0v) is 18.9. The van der Waals surface area contributed by atoms with Crippen molar-refractivity contribution in [3.8, 4) is 0 Å². The monoisotopic (exact) mass is 364 g/mol. The lowest BCUT2D eigenvalue weighted by Crippen LogP contribution is -2.40. The molecule has 1 aliphatic carbocycles. The van der Waals surface area contributed by atoms with Crippen LogP contribution < -0.4 is 0 Å². The van der Waals surface area contributed by atoms with E-state index in [1.807, 2.05) is 0 Å². The Labute approximate surface area is 146 Å². The molecule has 0 aromatic rings. The van der Waals surface area contributed by atoms with Crippen molar-refractivity contribution in [2.24, 2.45) is 11.8 Å². The Hall–Kier alpha value is 0.274. The fourth-order valence-electron chi connectivity index (χ4n) is 3.13. The minimum atomic E-state index is -1.81. The van der Waals surface area contributed by atoms with Gasteiger partial charge in [-0.2, -0.15) is 0 Å². The maximum atomic E-state index is 5.54. The Kier molecular flexibility index (Phi) is 11.1. The Morgan fingerprint density at radius 1 is 0.957 bits per heavy atom. The molecule has 1 rings (SSSR count). The third-order valence-electron chi connectivity index (χ3n) is 5.53. The van der Waals surface area contributed by atoms with Gasteiger partial charge in [0.25, 0.3) is 0 Å². The third kappa shape index (κ3) is 7.79. The van der Waals surface area contributed by atoms with E-state index < -0.39 is 17.1 Å².